The van der Waals surface area contributed by atoms with Gasteiger partial charge in [0.2, 0.25) is 0 Å². The lowest BCUT2D eigenvalue weighted by Crippen LogP contribution is -2.39. The molecule has 0 aliphatic heterocycles. The fraction of sp³-hybridized carbons (Fsp3) is 0.316. The van der Waals surface area contributed by atoms with E-state index in [9.17, 15) is 9.90 Å². The van der Waals surface area contributed by atoms with Gasteiger partial charge in [0.25, 0.3) is 5.91 Å². The van der Waals surface area contributed by atoms with Crippen LogP contribution in [-0.4, -0.2) is 17.6 Å². The third-order valence-corrected chi connectivity index (χ3v) is 3.89. The van der Waals surface area contributed by atoms with Gasteiger partial charge in [-0.05, 0) is 44.4 Å². The Balaban J connectivity index is 2.14. The van der Waals surface area contributed by atoms with E-state index in [2.05, 4.69) is 5.32 Å². The lowest BCUT2D eigenvalue weighted by atomic mass is 9.95. The molecule has 2 aromatic rings. The van der Waals surface area contributed by atoms with E-state index >= 15 is 0 Å². The van der Waals surface area contributed by atoms with Gasteiger partial charge in [-0.2, -0.15) is 0 Å². The number of nitrogens with one attached hydrogen (secondary N) is 1. The summed E-state index contributed by atoms with van der Waals surface area (Å²) >= 11 is 0. The second kappa shape index (κ2) is 6.32. The third kappa shape index (κ3) is 3.55. The highest BCUT2D eigenvalue weighted by Crippen LogP contribution is 2.20. The molecule has 2 rings (SSSR count). The van der Waals surface area contributed by atoms with E-state index in [1.54, 1.807) is 6.92 Å². The van der Waals surface area contributed by atoms with Crippen LogP contribution in [0.2, 0.25) is 0 Å². The molecular formula is C19H23NO2. The maximum absolute atomic E-state index is 12.5. The van der Waals surface area contributed by atoms with Crippen molar-refractivity contribution in [1.29, 1.82) is 0 Å². The summed E-state index contributed by atoms with van der Waals surface area (Å²) in [5.41, 5.74) is 3.43. The highest BCUT2D eigenvalue weighted by Gasteiger charge is 2.24. The van der Waals surface area contributed by atoms with E-state index in [0.717, 1.165) is 22.3 Å². The molecule has 0 saturated carbocycles. The molecule has 1 atom stereocenters. The van der Waals surface area contributed by atoms with Crippen LogP contribution >= 0.6 is 0 Å². The Labute approximate surface area is 132 Å². The van der Waals surface area contributed by atoms with Gasteiger partial charge in [-0.15, -0.1) is 0 Å². The molecule has 0 spiro atoms. The topological polar surface area (TPSA) is 49.3 Å². The molecule has 22 heavy (non-hydrogen) atoms. The Morgan fingerprint density at radius 2 is 1.64 bits per heavy atom. The average Bonchev–Trinajstić information content (AvgIpc) is 2.45. The maximum atomic E-state index is 12.5. The Morgan fingerprint density at radius 3 is 2.18 bits per heavy atom. The summed E-state index contributed by atoms with van der Waals surface area (Å²) in [6.07, 6.45) is 0. The number of hydrogen-bond donors (Lipinski definition) is 2. The first-order valence-electron chi connectivity index (χ1n) is 7.45. The van der Waals surface area contributed by atoms with E-state index < -0.39 is 5.60 Å². The zero-order valence-corrected chi connectivity index (χ0v) is 13.6. The van der Waals surface area contributed by atoms with Crippen molar-refractivity contribution in [3.05, 3.63) is 70.3 Å². The van der Waals surface area contributed by atoms with Crippen molar-refractivity contribution in [1.82, 2.24) is 5.32 Å². The third-order valence-electron chi connectivity index (χ3n) is 3.89. The zero-order valence-electron chi connectivity index (χ0n) is 13.6. The van der Waals surface area contributed by atoms with Crippen molar-refractivity contribution in [3.63, 3.8) is 0 Å². The first kappa shape index (κ1) is 16.2. The number of hydrogen-bond acceptors (Lipinski definition) is 2. The van der Waals surface area contributed by atoms with E-state index in [1.165, 1.54) is 0 Å². The molecule has 2 N–H and O–H groups in total. The van der Waals surface area contributed by atoms with Gasteiger partial charge < -0.3 is 10.4 Å². The normalized spacial score (nSPS) is 13.5. The number of amides is 1. The van der Waals surface area contributed by atoms with Crippen LogP contribution in [0, 0.1) is 20.8 Å². The molecule has 1 amide bonds. The average molecular weight is 297 g/mol. The Bertz CT molecular complexity index is 652. The molecule has 2 aromatic carbocycles. The summed E-state index contributed by atoms with van der Waals surface area (Å²) in [6, 6.07) is 13.4. The number of aliphatic hydroxyl groups is 1. The lowest BCUT2D eigenvalue weighted by Gasteiger charge is -2.24. The van der Waals surface area contributed by atoms with Gasteiger partial charge >= 0.3 is 0 Å². The van der Waals surface area contributed by atoms with E-state index in [-0.39, 0.29) is 12.5 Å². The van der Waals surface area contributed by atoms with Gasteiger partial charge in [0, 0.05) is 5.56 Å². The fourth-order valence-electron chi connectivity index (χ4n) is 2.78. The highest BCUT2D eigenvalue weighted by atomic mass is 16.3. The summed E-state index contributed by atoms with van der Waals surface area (Å²) in [5, 5.41) is 13.4. The largest absolute Gasteiger partial charge is 0.384 e. The van der Waals surface area contributed by atoms with E-state index in [4.69, 9.17) is 0 Å². The minimum absolute atomic E-state index is 0.147. The predicted molar refractivity (Wildman–Crippen MR) is 89.0 cm³/mol. The van der Waals surface area contributed by atoms with Gasteiger partial charge in [-0.1, -0.05) is 48.0 Å². The van der Waals surface area contributed by atoms with Crippen LogP contribution in [-0.2, 0) is 5.60 Å². The molecule has 0 heterocycles. The molecule has 0 bridgehead atoms. The zero-order chi connectivity index (χ0) is 16.3. The van der Waals surface area contributed by atoms with Crippen molar-refractivity contribution in [2.45, 2.75) is 33.3 Å². The van der Waals surface area contributed by atoms with E-state index in [0.29, 0.717) is 5.56 Å². The highest BCUT2D eigenvalue weighted by molar-refractivity contribution is 5.97. The summed E-state index contributed by atoms with van der Waals surface area (Å²) in [4.78, 5) is 12.5. The number of aryl methyl sites for hydroxylation is 3. The summed E-state index contributed by atoms with van der Waals surface area (Å²) < 4.78 is 0. The second-order valence-electron chi connectivity index (χ2n) is 6.10. The van der Waals surface area contributed by atoms with Gasteiger partial charge in [0.1, 0.15) is 5.60 Å². The molecule has 0 radical (unpaired) electrons. The van der Waals surface area contributed by atoms with Gasteiger partial charge in [-0.3, -0.25) is 4.79 Å². The smallest absolute Gasteiger partial charge is 0.251 e. The minimum atomic E-state index is -1.09. The van der Waals surface area contributed by atoms with Crippen LogP contribution in [0.15, 0.2) is 42.5 Å². The molecule has 0 fully saturated rings. The Hall–Kier alpha value is -2.13. The van der Waals surface area contributed by atoms with Crippen LogP contribution in [0.4, 0.5) is 0 Å². The Morgan fingerprint density at radius 1 is 1.09 bits per heavy atom. The first-order valence-corrected chi connectivity index (χ1v) is 7.45. The van der Waals surface area contributed by atoms with Crippen LogP contribution in [0.3, 0.4) is 0 Å². The van der Waals surface area contributed by atoms with Crippen molar-refractivity contribution in [3.8, 4) is 0 Å². The van der Waals surface area contributed by atoms with Crippen LogP contribution in [0.1, 0.15) is 39.5 Å². The van der Waals surface area contributed by atoms with Gasteiger partial charge in [0.05, 0.1) is 6.54 Å². The molecule has 0 aromatic heterocycles. The predicted octanol–water partition coefficient (Wildman–Crippen LogP) is 3.25. The molecule has 0 aliphatic rings. The SMILES string of the molecule is Cc1cc(C)c(C(=O)NCC(C)(O)c2ccccc2)c(C)c1. The molecule has 3 heteroatoms. The van der Waals surface area contributed by atoms with E-state index in [1.807, 2.05) is 63.2 Å². The molecule has 0 saturated heterocycles. The van der Waals surface area contributed by atoms with Crippen LogP contribution in [0.25, 0.3) is 0 Å². The minimum Gasteiger partial charge on any atom is -0.384 e. The molecule has 116 valence electrons. The number of carbonyl (C=O) groups is 1. The molecule has 1 unspecified atom stereocenters. The maximum Gasteiger partial charge on any atom is 0.251 e. The standard InChI is InChI=1S/C19H23NO2/c1-13-10-14(2)17(15(3)11-13)18(21)20-12-19(4,22)16-8-6-5-7-9-16/h5-11,22H,12H2,1-4H3,(H,20,21). The molecular weight excluding hydrogens is 274 g/mol. The first-order chi connectivity index (χ1) is 10.3. The lowest BCUT2D eigenvalue weighted by molar-refractivity contribution is 0.0526. The van der Waals surface area contributed by atoms with Crippen molar-refractivity contribution >= 4 is 5.91 Å². The summed E-state index contributed by atoms with van der Waals surface area (Å²) in [5.74, 6) is -0.147. The monoisotopic (exact) mass is 297 g/mol. The summed E-state index contributed by atoms with van der Waals surface area (Å²) in [7, 11) is 0. The summed E-state index contributed by atoms with van der Waals surface area (Å²) in [6.45, 7) is 7.76. The van der Waals surface area contributed by atoms with Crippen molar-refractivity contribution in [2.75, 3.05) is 6.54 Å². The number of rotatable bonds is 4. The van der Waals surface area contributed by atoms with Gasteiger partial charge in [0.15, 0.2) is 0 Å². The Kier molecular flexibility index (Phi) is 4.67. The second-order valence-corrected chi connectivity index (χ2v) is 6.10. The van der Waals surface area contributed by atoms with Crippen LogP contribution < -0.4 is 5.32 Å². The molecule has 3 nitrogen and oxygen atoms in total. The fourth-order valence-corrected chi connectivity index (χ4v) is 2.78. The number of carbonyl (C=O) groups excluding carboxylic acids is 1. The van der Waals surface area contributed by atoms with Crippen molar-refractivity contribution in [2.24, 2.45) is 0 Å². The quantitative estimate of drug-likeness (QED) is 0.910. The van der Waals surface area contributed by atoms with Gasteiger partial charge in [-0.25, -0.2) is 0 Å². The van der Waals surface area contributed by atoms with Crippen LogP contribution in [0.5, 0.6) is 0 Å². The van der Waals surface area contributed by atoms with Crippen molar-refractivity contribution < 1.29 is 9.90 Å². The number of benzene rings is 2. The molecule has 0 aliphatic carbocycles.